The molecule has 0 radical (unpaired) electrons. The van der Waals surface area contributed by atoms with E-state index in [-0.39, 0.29) is 5.95 Å². The number of rotatable bonds is 4. The van der Waals surface area contributed by atoms with E-state index in [0.29, 0.717) is 17.1 Å². The molecule has 2 heterocycles. The maximum atomic E-state index is 7.56. The van der Waals surface area contributed by atoms with Crippen LogP contribution >= 0.6 is 0 Å². The average Bonchev–Trinajstić information content (AvgIpc) is 2.57. The van der Waals surface area contributed by atoms with Gasteiger partial charge in [-0.15, -0.1) is 0 Å². The second-order valence-electron chi connectivity index (χ2n) is 4.84. The fourth-order valence-electron chi connectivity index (χ4n) is 2.22. The van der Waals surface area contributed by atoms with Crippen LogP contribution in [0.2, 0.25) is 0 Å². The molecule has 1 aromatic carbocycles. The summed E-state index contributed by atoms with van der Waals surface area (Å²) in [4.78, 5) is 12.1. The van der Waals surface area contributed by atoms with Gasteiger partial charge in [-0.1, -0.05) is 6.07 Å². The minimum absolute atomic E-state index is 0.185. The first-order valence-electron chi connectivity index (χ1n) is 6.87. The number of hydrogen-bond acceptors (Lipinski definition) is 7. The number of benzene rings is 1. The molecule has 0 aliphatic rings. The van der Waals surface area contributed by atoms with Crippen molar-refractivity contribution in [3.05, 3.63) is 54.5 Å². The summed E-state index contributed by atoms with van der Waals surface area (Å²) in [5.74, 6) is 0.751. The van der Waals surface area contributed by atoms with Gasteiger partial charge in [0.2, 0.25) is 5.95 Å². The van der Waals surface area contributed by atoms with Crippen molar-refractivity contribution < 1.29 is 0 Å². The van der Waals surface area contributed by atoms with E-state index in [0.717, 1.165) is 16.8 Å². The standard InChI is InChI=1S/C16H15N7/c17-8-11-6-12(22-14-3-5-21-16(19)23-14)7-13(15(11)18)10-2-1-4-20-9-10/h1-9,17H,18H2,(H3,19,21,22,23). The van der Waals surface area contributed by atoms with E-state index < -0.39 is 0 Å². The average molecular weight is 305 g/mol. The van der Waals surface area contributed by atoms with Crippen molar-refractivity contribution in [2.45, 2.75) is 0 Å². The van der Waals surface area contributed by atoms with E-state index in [9.17, 15) is 0 Å². The molecule has 7 heteroatoms. The van der Waals surface area contributed by atoms with Crippen LogP contribution in [0.1, 0.15) is 5.56 Å². The lowest BCUT2D eigenvalue weighted by Crippen LogP contribution is -2.02. The number of nitrogens with one attached hydrogen (secondary N) is 2. The molecular weight excluding hydrogens is 290 g/mol. The molecule has 114 valence electrons. The van der Waals surface area contributed by atoms with E-state index in [1.165, 1.54) is 6.21 Å². The molecule has 6 N–H and O–H groups in total. The molecule has 0 fully saturated rings. The number of nitrogens with two attached hydrogens (primary N) is 2. The van der Waals surface area contributed by atoms with E-state index in [2.05, 4.69) is 20.3 Å². The highest BCUT2D eigenvalue weighted by atomic mass is 15.1. The van der Waals surface area contributed by atoms with Crippen molar-refractivity contribution in [1.29, 1.82) is 5.41 Å². The zero-order valence-electron chi connectivity index (χ0n) is 12.2. The van der Waals surface area contributed by atoms with Gasteiger partial charge in [0.15, 0.2) is 0 Å². The summed E-state index contributed by atoms with van der Waals surface area (Å²) < 4.78 is 0. The lowest BCUT2D eigenvalue weighted by atomic mass is 10.0. The molecule has 0 saturated carbocycles. The van der Waals surface area contributed by atoms with Gasteiger partial charge in [0, 0.05) is 52.9 Å². The van der Waals surface area contributed by atoms with Crippen molar-refractivity contribution >= 4 is 29.4 Å². The summed E-state index contributed by atoms with van der Waals surface area (Å²) in [5, 5.41) is 10.7. The van der Waals surface area contributed by atoms with Crippen LogP contribution < -0.4 is 16.8 Å². The summed E-state index contributed by atoms with van der Waals surface area (Å²) in [6, 6.07) is 9.13. The third-order valence-electron chi connectivity index (χ3n) is 3.29. The molecule has 0 bridgehead atoms. The quantitative estimate of drug-likeness (QED) is 0.433. The minimum atomic E-state index is 0.185. The van der Waals surface area contributed by atoms with Crippen LogP contribution in [0, 0.1) is 5.41 Å². The first kappa shape index (κ1) is 14.5. The molecule has 0 aliphatic carbocycles. The highest BCUT2D eigenvalue weighted by molar-refractivity contribution is 5.95. The molecule has 0 aliphatic heterocycles. The highest BCUT2D eigenvalue weighted by Gasteiger charge is 2.10. The van der Waals surface area contributed by atoms with Gasteiger partial charge in [-0.3, -0.25) is 4.98 Å². The zero-order valence-corrected chi connectivity index (χ0v) is 12.2. The number of hydrogen-bond donors (Lipinski definition) is 4. The summed E-state index contributed by atoms with van der Waals surface area (Å²) in [6.07, 6.45) is 6.21. The largest absolute Gasteiger partial charge is 0.398 e. The summed E-state index contributed by atoms with van der Waals surface area (Å²) in [7, 11) is 0. The predicted molar refractivity (Wildman–Crippen MR) is 91.7 cm³/mol. The first-order chi connectivity index (χ1) is 11.2. The van der Waals surface area contributed by atoms with Crippen molar-refractivity contribution in [1.82, 2.24) is 15.0 Å². The Bertz CT molecular complexity index is 846. The third kappa shape index (κ3) is 3.08. The Hall–Kier alpha value is -3.48. The Morgan fingerprint density at radius 2 is 2.00 bits per heavy atom. The van der Waals surface area contributed by atoms with Gasteiger partial charge in [-0.25, -0.2) is 4.98 Å². The molecule has 0 spiro atoms. The number of aromatic nitrogens is 3. The number of nitrogen functional groups attached to an aromatic ring is 2. The zero-order chi connectivity index (χ0) is 16.2. The summed E-state index contributed by atoms with van der Waals surface area (Å²) >= 11 is 0. The molecule has 0 unspecified atom stereocenters. The molecule has 0 atom stereocenters. The molecule has 0 saturated heterocycles. The minimum Gasteiger partial charge on any atom is -0.398 e. The van der Waals surface area contributed by atoms with E-state index in [1.807, 2.05) is 18.2 Å². The number of pyridine rings is 1. The second kappa shape index (κ2) is 6.10. The van der Waals surface area contributed by atoms with Gasteiger partial charge in [-0.05, 0) is 24.3 Å². The smallest absolute Gasteiger partial charge is 0.221 e. The molecule has 2 aromatic heterocycles. The molecule has 7 nitrogen and oxygen atoms in total. The normalized spacial score (nSPS) is 10.3. The Kier molecular flexibility index (Phi) is 3.84. The molecular formula is C16H15N7. The van der Waals surface area contributed by atoms with Gasteiger partial charge < -0.3 is 22.2 Å². The summed E-state index contributed by atoms with van der Waals surface area (Å²) in [6.45, 7) is 0. The van der Waals surface area contributed by atoms with Gasteiger partial charge >= 0.3 is 0 Å². The first-order valence-corrected chi connectivity index (χ1v) is 6.87. The van der Waals surface area contributed by atoms with Crippen LogP contribution in [0.4, 0.5) is 23.1 Å². The van der Waals surface area contributed by atoms with Gasteiger partial charge in [0.05, 0.1) is 0 Å². The molecule has 3 rings (SSSR count). The summed E-state index contributed by atoms with van der Waals surface area (Å²) in [5.41, 5.74) is 15.3. The molecule has 23 heavy (non-hydrogen) atoms. The van der Waals surface area contributed by atoms with Crippen molar-refractivity contribution in [2.75, 3.05) is 16.8 Å². The Morgan fingerprint density at radius 3 is 2.70 bits per heavy atom. The van der Waals surface area contributed by atoms with Gasteiger partial charge in [0.1, 0.15) is 5.82 Å². The van der Waals surface area contributed by atoms with E-state index in [1.54, 1.807) is 30.7 Å². The fraction of sp³-hybridized carbons (Fsp3) is 0. The maximum absolute atomic E-state index is 7.56. The topological polar surface area (TPSA) is 127 Å². The van der Waals surface area contributed by atoms with Crippen LogP contribution in [-0.4, -0.2) is 21.2 Å². The van der Waals surface area contributed by atoms with Crippen LogP contribution in [0.15, 0.2) is 48.9 Å². The Labute approximate surface area is 132 Å². The number of nitrogens with zero attached hydrogens (tertiary/aromatic N) is 3. The van der Waals surface area contributed by atoms with Crippen molar-refractivity contribution in [3.63, 3.8) is 0 Å². The van der Waals surface area contributed by atoms with Gasteiger partial charge in [0.25, 0.3) is 0 Å². The second-order valence-corrected chi connectivity index (χ2v) is 4.84. The van der Waals surface area contributed by atoms with Gasteiger partial charge in [-0.2, -0.15) is 4.98 Å². The number of anilines is 4. The monoisotopic (exact) mass is 305 g/mol. The van der Waals surface area contributed by atoms with Crippen LogP contribution in [0.5, 0.6) is 0 Å². The molecule has 3 aromatic rings. The van der Waals surface area contributed by atoms with E-state index in [4.69, 9.17) is 16.9 Å². The fourth-order valence-corrected chi connectivity index (χ4v) is 2.22. The van der Waals surface area contributed by atoms with Crippen molar-refractivity contribution in [2.24, 2.45) is 0 Å². The third-order valence-corrected chi connectivity index (χ3v) is 3.29. The van der Waals surface area contributed by atoms with Crippen LogP contribution in [0.25, 0.3) is 11.1 Å². The van der Waals surface area contributed by atoms with Crippen molar-refractivity contribution in [3.8, 4) is 11.1 Å². The lowest BCUT2D eigenvalue weighted by molar-refractivity contribution is 1.18. The Balaban J connectivity index is 2.06. The highest BCUT2D eigenvalue weighted by Crippen LogP contribution is 2.32. The lowest BCUT2D eigenvalue weighted by Gasteiger charge is -2.13. The van der Waals surface area contributed by atoms with Crippen LogP contribution in [0.3, 0.4) is 0 Å². The SMILES string of the molecule is N=Cc1cc(Nc2ccnc(N)n2)cc(-c2cccnc2)c1N. The predicted octanol–water partition coefficient (Wildman–Crippen LogP) is 2.44. The maximum Gasteiger partial charge on any atom is 0.221 e. The Morgan fingerprint density at radius 1 is 1.13 bits per heavy atom. The van der Waals surface area contributed by atoms with Crippen LogP contribution in [-0.2, 0) is 0 Å². The van der Waals surface area contributed by atoms with E-state index >= 15 is 0 Å². The molecule has 0 amide bonds.